The number of nitrogens with one attached hydrogen (secondary N) is 1. The lowest BCUT2D eigenvalue weighted by atomic mass is 9.96. The highest BCUT2D eigenvalue weighted by atomic mass is 35.5. The SMILES string of the molecule is CC(OC(=O)CCCc1nc(C(C)(C)C)no1)C(=O)NC(C)c1ccc(Cl)cc1Cl. The van der Waals surface area contributed by atoms with Crippen LogP contribution in [0, 0.1) is 0 Å². The van der Waals surface area contributed by atoms with E-state index in [1.807, 2.05) is 20.8 Å². The third kappa shape index (κ3) is 6.99. The fourth-order valence-corrected chi connectivity index (χ4v) is 3.19. The number of amides is 1. The highest BCUT2D eigenvalue weighted by molar-refractivity contribution is 6.35. The van der Waals surface area contributed by atoms with Crippen LogP contribution < -0.4 is 5.32 Å². The van der Waals surface area contributed by atoms with Crippen LogP contribution in [0.15, 0.2) is 22.7 Å². The molecule has 2 rings (SSSR count). The summed E-state index contributed by atoms with van der Waals surface area (Å²) in [4.78, 5) is 28.7. The third-order valence-electron chi connectivity index (χ3n) is 4.38. The number of hydrogen-bond donors (Lipinski definition) is 1. The van der Waals surface area contributed by atoms with Crippen LogP contribution in [0.1, 0.15) is 70.8 Å². The average molecular weight is 456 g/mol. The van der Waals surface area contributed by atoms with Crippen LogP contribution in [0.5, 0.6) is 0 Å². The van der Waals surface area contributed by atoms with E-state index in [0.717, 1.165) is 5.56 Å². The van der Waals surface area contributed by atoms with Crippen molar-refractivity contribution in [1.82, 2.24) is 15.5 Å². The predicted octanol–water partition coefficient (Wildman–Crippen LogP) is 4.81. The maximum atomic E-state index is 12.3. The van der Waals surface area contributed by atoms with E-state index in [2.05, 4.69) is 15.5 Å². The molecule has 2 atom stereocenters. The Morgan fingerprint density at radius 1 is 1.23 bits per heavy atom. The van der Waals surface area contributed by atoms with E-state index >= 15 is 0 Å². The molecular formula is C21H27Cl2N3O4. The van der Waals surface area contributed by atoms with Crippen LogP contribution in [0.2, 0.25) is 10.0 Å². The van der Waals surface area contributed by atoms with Crippen molar-refractivity contribution in [2.45, 2.75) is 71.4 Å². The molecule has 0 radical (unpaired) electrons. The summed E-state index contributed by atoms with van der Waals surface area (Å²) in [6.45, 7) is 9.29. The van der Waals surface area contributed by atoms with Crippen molar-refractivity contribution in [3.05, 3.63) is 45.5 Å². The summed E-state index contributed by atoms with van der Waals surface area (Å²) in [5, 5.41) is 7.70. The van der Waals surface area contributed by atoms with E-state index in [4.69, 9.17) is 32.5 Å². The summed E-state index contributed by atoms with van der Waals surface area (Å²) in [6, 6.07) is 4.69. The van der Waals surface area contributed by atoms with Crippen molar-refractivity contribution < 1.29 is 18.8 Å². The molecule has 1 aromatic carbocycles. The molecule has 1 N–H and O–H groups in total. The molecule has 0 spiro atoms. The second kappa shape index (κ2) is 10.3. The Hall–Kier alpha value is -2.12. The Morgan fingerprint density at radius 3 is 2.53 bits per heavy atom. The van der Waals surface area contributed by atoms with Gasteiger partial charge < -0.3 is 14.6 Å². The molecule has 7 nitrogen and oxygen atoms in total. The number of hydrogen-bond acceptors (Lipinski definition) is 6. The Balaban J connectivity index is 1.77. The van der Waals surface area contributed by atoms with Gasteiger partial charge in [0.15, 0.2) is 11.9 Å². The Morgan fingerprint density at radius 2 is 1.93 bits per heavy atom. The van der Waals surface area contributed by atoms with Gasteiger partial charge in [-0.25, -0.2) is 0 Å². The summed E-state index contributed by atoms with van der Waals surface area (Å²) in [5.41, 5.74) is 0.527. The summed E-state index contributed by atoms with van der Waals surface area (Å²) >= 11 is 12.1. The second-order valence-corrected chi connectivity index (χ2v) is 8.99. The zero-order valence-corrected chi connectivity index (χ0v) is 19.3. The topological polar surface area (TPSA) is 94.3 Å². The van der Waals surface area contributed by atoms with Gasteiger partial charge in [0, 0.05) is 28.3 Å². The summed E-state index contributed by atoms with van der Waals surface area (Å²) < 4.78 is 10.4. The molecule has 1 aromatic heterocycles. The van der Waals surface area contributed by atoms with E-state index in [-0.39, 0.29) is 17.9 Å². The highest BCUT2D eigenvalue weighted by Crippen LogP contribution is 2.26. The van der Waals surface area contributed by atoms with Gasteiger partial charge in [-0.2, -0.15) is 4.98 Å². The first kappa shape index (κ1) is 24.2. The van der Waals surface area contributed by atoms with Crippen LogP contribution >= 0.6 is 23.2 Å². The minimum absolute atomic E-state index is 0.142. The number of carbonyl (C=O) groups is 2. The van der Waals surface area contributed by atoms with Crippen LogP contribution in [0.3, 0.4) is 0 Å². The quantitative estimate of drug-likeness (QED) is 0.574. The lowest BCUT2D eigenvalue weighted by Crippen LogP contribution is -2.37. The summed E-state index contributed by atoms with van der Waals surface area (Å²) in [5.74, 6) is 0.228. The van der Waals surface area contributed by atoms with Crippen LogP contribution in [-0.2, 0) is 26.2 Å². The smallest absolute Gasteiger partial charge is 0.306 e. The zero-order valence-electron chi connectivity index (χ0n) is 17.8. The number of esters is 1. The van der Waals surface area contributed by atoms with Crippen LogP contribution in [0.4, 0.5) is 0 Å². The number of ether oxygens (including phenoxy) is 1. The molecule has 0 aliphatic rings. The second-order valence-electron chi connectivity index (χ2n) is 8.14. The largest absolute Gasteiger partial charge is 0.453 e. The molecular weight excluding hydrogens is 429 g/mol. The Labute approximate surface area is 186 Å². The molecule has 0 saturated carbocycles. The predicted molar refractivity (Wildman–Crippen MR) is 115 cm³/mol. The molecule has 1 amide bonds. The molecule has 0 saturated heterocycles. The molecule has 30 heavy (non-hydrogen) atoms. The number of carbonyl (C=O) groups excluding carboxylic acids is 2. The minimum atomic E-state index is -0.929. The fraction of sp³-hybridized carbons (Fsp3) is 0.524. The van der Waals surface area contributed by atoms with E-state index in [1.165, 1.54) is 6.92 Å². The van der Waals surface area contributed by atoms with E-state index in [9.17, 15) is 9.59 Å². The standard InChI is InChI=1S/C21H27Cl2N3O4/c1-12(15-10-9-14(22)11-16(15)23)24-19(28)13(2)29-18(27)8-6-7-17-25-20(26-30-17)21(3,4)5/h9-13H,6-8H2,1-5H3,(H,24,28). The average Bonchev–Trinajstić information content (AvgIpc) is 3.10. The summed E-state index contributed by atoms with van der Waals surface area (Å²) in [6.07, 6.45) is 0.159. The minimum Gasteiger partial charge on any atom is -0.453 e. The molecule has 2 aromatic rings. The maximum Gasteiger partial charge on any atom is 0.306 e. The first-order valence-corrected chi connectivity index (χ1v) is 10.5. The van der Waals surface area contributed by atoms with Crippen molar-refractivity contribution in [2.24, 2.45) is 0 Å². The van der Waals surface area contributed by atoms with Crippen molar-refractivity contribution in [2.75, 3.05) is 0 Å². The van der Waals surface area contributed by atoms with Gasteiger partial charge in [-0.1, -0.05) is 55.2 Å². The maximum absolute atomic E-state index is 12.3. The number of nitrogens with zero attached hydrogens (tertiary/aromatic N) is 2. The lowest BCUT2D eigenvalue weighted by molar-refractivity contribution is -0.155. The monoisotopic (exact) mass is 455 g/mol. The van der Waals surface area contributed by atoms with Gasteiger partial charge in [0.05, 0.1) is 6.04 Å². The number of halogens is 2. The molecule has 1 heterocycles. The summed E-state index contributed by atoms with van der Waals surface area (Å²) in [7, 11) is 0. The Kier molecular flexibility index (Phi) is 8.26. The Bertz CT molecular complexity index is 893. The molecule has 164 valence electrons. The first-order valence-electron chi connectivity index (χ1n) is 9.75. The van der Waals surface area contributed by atoms with E-state index in [0.29, 0.717) is 34.6 Å². The van der Waals surface area contributed by atoms with Gasteiger partial charge in [0.1, 0.15) is 0 Å². The van der Waals surface area contributed by atoms with Gasteiger partial charge in [-0.15, -0.1) is 0 Å². The molecule has 0 fully saturated rings. The molecule has 9 heteroatoms. The van der Waals surface area contributed by atoms with Crippen molar-refractivity contribution >= 4 is 35.1 Å². The first-order chi connectivity index (χ1) is 14.0. The molecule has 2 unspecified atom stereocenters. The molecule has 0 bridgehead atoms. The van der Waals surface area contributed by atoms with Gasteiger partial charge in [-0.3, -0.25) is 9.59 Å². The number of aryl methyl sites for hydroxylation is 1. The zero-order chi connectivity index (χ0) is 22.5. The number of benzene rings is 1. The van der Waals surface area contributed by atoms with Crippen molar-refractivity contribution in [3.8, 4) is 0 Å². The number of rotatable bonds is 8. The van der Waals surface area contributed by atoms with Gasteiger partial charge >= 0.3 is 5.97 Å². The van der Waals surface area contributed by atoms with Gasteiger partial charge in [0.2, 0.25) is 5.89 Å². The van der Waals surface area contributed by atoms with E-state index < -0.39 is 18.0 Å². The van der Waals surface area contributed by atoms with Gasteiger partial charge in [0.25, 0.3) is 5.91 Å². The van der Waals surface area contributed by atoms with Gasteiger partial charge in [-0.05, 0) is 38.0 Å². The third-order valence-corrected chi connectivity index (χ3v) is 4.94. The lowest BCUT2D eigenvalue weighted by Gasteiger charge is -2.19. The van der Waals surface area contributed by atoms with Crippen molar-refractivity contribution in [3.63, 3.8) is 0 Å². The number of aromatic nitrogens is 2. The normalized spacial score (nSPS) is 13.6. The fourth-order valence-electron chi connectivity index (χ4n) is 2.62. The highest BCUT2D eigenvalue weighted by Gasteiger charge is 2.22. The van der Waals surface area contributed by atoms with Crippen molar-refractivity contribution in [1.29, 1.82) is 0 Å². The molecule has 0 aliphatic carbocycles. The molecule has 0 aliphatic heterocycles. The van der Waals surface area contributed by atoms with E-state index in [1.54, 1.807) is 25.1 Å². The van der Waals surface area contributed by atoms with Crippen LogP contribution in [0.25, 0.3) is 0 Å². The van der Waals surface area contributed by atoms with Crippen LogP contribution in [-0.4, -0.2) is 28.1 Å².